The molecule has 0 aromatic heterocycles. The molecule has 7 nitrogen and oxygen atoms in total. The highest BCUT2D eigenvalue weighted by molar-refractivity contribution is 7.85. The van der Waals surface area contributed by atoms with Crippen LogP contribution in [0, 0.1) is 5.92 Å². The van der Waals surface area contributed by atoms with E-state index >= 15 is 0 Å². The molecule has 2 fully saturated rings. The summed E-state index contributed by atoms with van der Waals surface area (Å²) in [4.78, 5) is 11.7. The molecule has 4 unspecified atom stereocenters. The number of hydrogen-bond acceptors (Lipinski definition) is 6. The number of carbonyl (C=O) groups excluding carboxylic acids is 1. The maximum absolute atomic E-state index is 13.1. The van der Waals surface area contributed by atoms with Crippen LogP contribution < -0.4 is 0 Å². The molecule has 1 saturated carbocycles. The number of rotatable bonds is 17. The van der Waals surface area contributed by atoms with Gasteiger partial charge in [-0.2, -0.15) is 12.3 Å². The molecule has 1 spiro atoms. The third kappa shape index (κ3) is 7.72. The van der Waals surface area contributed by atoms with Gasteiger partial charge in [0, 0.05) is 12.8 Å². The van der Waals surface area contributed by atoms with E-state index in [0.29, 0.717) is 25.8 Å². The lowest BCUT2D eigenvalue weighted by Crippen LogP contribution is -2.64. The molecule has 3 rings (SSSR count). The highest BCUT2D eigenvalue weighted by Gasteiger charge is 2.66. The molecule has 1 N–H and O–H groups in total. The molecular weight excluding hydrogens is 490 g/mol. The third-order valence-electron chi connectivity index (χ3n) is 9.11. The molecule has 0 aromatic rings. The Labute approximate surface area is 225 Å². The predicted molar refractivity (Wildman–Crippen MR) is 146 cm³/mol. The molecule has 3 aliphatic rings. The number of quaternary nitrogens is 1. The van der Waals surface area contributed by atoms with Crippen molar-refractivity contribution in [1.82, 2.24) is 0 Å². The van der Waals surface area contributed by atoms with Crippen molar-refractivity contribution in [2.24, 2.45) is 5.92 Å². The van der Waals surface area contributed by atoms with Crippen LogP contribution in [0.1, 0.15) is 129 Å². The second-order valence-electron chi connectivity index (χ2n) is 11.8. The van der Waals surface area contributed by atoms with Crippen LogP contribution in [0.4, 0.5) is 0 Å². The summed E-state index contributed by atoms with van der Waals surface area (Å²) in [6.07, 6.45) is 22.6. The summed E-state index contributed by atoms with van der Waals surface area (Å²) in [5.74, 6) is -1.23. The number of ether oxygens (including phenoxy) is 2. The summed E-state index contributed by atoms with van der Waals surface area (Å²) >= 11 is 0. The zero-order valence-electron chi connectivity index (χ0n) is 23.4. The molecule has 1 saturated heterocycles. The smallest absolute Gasteiger partial charge is 0.334 e. The molecule has 2 heterocycles. The van der Waals surface area contributed by atoms with Gasteiger partial charge in [0.1, 0.15) is 11.9 Å². The number of aliphatic hydroxyl groups is 1. The molecule has 4 atom stereocenters. The van der Waals surface area contributed by atoms with Gasteiger partial charge in [-0.25, -0.2) is 4.79 Å². The van der Waals surface area contributed by atoms with Gasteiger partial charge in [-0.3, -0.25) is 0 Å². The van der Waals surface area contributed by atoms with Crippen LogP contribution in [0.2, 0.25) is 0 Å². The monoisotopic (exact) mass is 542 g/mol. The van der Waals surface area contributed by atoms with Crippen molar-refractivity contribution in [2.75, 3.05) is 19.5 Å². The van der Waals surface area contributed by atoms with Gasteiger partial charge in [0.25, 0.3) is 0 Å². The van der Waals surface area contributed by atoms with Crippen LogP contribution in [0.15, 0.2) is 11.8 Å². The van der Waals surface area contributed by atoms with Gasteiger partial charge in [-0.05, 0) is 19.3 Å². The summed E-state index contributed by atoms with van der Waals surface area (Å²) in [6, 6.07) is 0. The SMILES string of the molecule is CCCCCCCCCCCCCCCCCC[N+]1(C)C2(CCC3OC(=O)C=C(O)C3C2)OCS1(=O)=O. The Hall–Kier alpha value is -1.12. The maximum Gasteiger partial charge on any atom is 0.334 e. The van der Waals surface area contributed by atoms with Crippen LogP contribution in [0.5, 0.6) is 0 Å². The lowest BCUT2D eigenvalue weighted by Gasteiger charge is -2.48. The van der Waals surface area contributed by atoms with Crippen LogP contribution in [0.3, 0.4) is 0 Å². The van der Waals surface area contributed by atoms with Gasteiger partial charge in [-0.1, -0.05) is 96.8 Å². The number of esters is 1. The van der Waals surface area contributed by atoms with E-state index < -0.39 is 33.7 Å². The van der Waals surface area contributed by atoms with E-state index in [1.807, 2.05) is 0 Å². The molecule has 0 bridgehead atoms. The second-order valence-corrected chi connectivity index (χ2v) is 14.0. The van der Waals surface area contributed by atoms with E-state index in [4.69, 9.17) is 9.47 Å². The van der Waals surface area contributed by atoms with Gasteiger partial charge in [0.05, 0.1) is 25.6 Å². The van der Waals surface area contributed by atoms with Crippen molar-refractivity contribution in [3.8, 4) is 0 Å². The van der Waals surface area contributed by atoms with Crippen LogP contribution >= 0.6 is 0 Å². The van der Waals surface area contributed by atoms with Gasteiger partial charge < -0.3 is 14.6 Å². The first-order valence-corrected chi connectivity index (χ1v) is 16.7. The summed E-state index contributed by atoms with van der Waals surface area (Å²) in [7, 11) is -1.69. The van der Waals surface area contributed by atoms with Crippen LogP contribution in [-0.2, 0) is 24.3 Å². The van der Waals surface area contributed by atoms with E-state index in [1.54, 1.807) is 7.05 Å². The number of fused-ring (bicyclic) bond motifs is 1. The fourth-order valence-electron chi connectivity index (χ4n) is 6.55. The normalized spacial score (nSPS) is 30.8. The van der Waals surface area contributed by atoms with Crippen molar-refractivity contribution in [3.63, 3.8) is 0 Å². The molecule has 214 valence electrons. The fourth-order valence-corrected chi connectivity index (χ4v) is 8.28. The molecule has 2 aliphatic heterocycles. The zero-order chi connectivity index (χ0) is 26.8. The molecule has 37 heavy (non-hydrogen) atoms. The van der Waals surface area contributed by atoms with E-state index in [1.165, 1.54) is 83.5 Å². The van der Waals surface area contributed by atoms with Crippen molar-refractivity contribution >= 4 is 16.0 Å². The quantitative estimate of drug-likeness (QED) is 0.122. The Balaban J connectivity index is 1.31. The highest BCUT2D eigenvalue weighted by Crippen LogP contribution is 2.50. The minimum Gasteiger partial charge on any atom is -0.512 e. The summed E-state index contributed by atoms with van der Waals surface area (Å²) in [5, 5.41) is 10.4. The molecule has 8 heteroatoms. The van der Waals surface area contributed by atoms with E-state index in [-0.39, 0.29) is 15.6 Å². The van der Waals surface area contributed by atoms with Crippen molar-refractivity contribution in [3.05, 3.63) is 11.8 Å². The Morgan fingerprint density at radius 2 is 1.43 bits per heavy atom. The van der Waals surface area contributed by atoms with Gasteiger partial charge in [0.15, 0.2) is 0 Å². The third-order valence-corrected chi connectivity index (χ3v) is 11.3. The van der Waals surface area contributed by atoms with E-state index in [0.717, 1.165) is 25.3 Å². The van der Waals surface area contributed by atoms with E-state index in [9.17, 15) is 18.3 Å². The molecule has 0 radical (unpaired) electrons. The van der Waals surface area contributed by atoms with Gasteiger partial charge >= 0.3 is 16.0 Å². The first-order chi connectivity index (χ1) is 17.7. The number of sulfonamides is 1. The number of unbranched alkanes of at least 4 members (excludes halogenated alkanes) is 15. The molecule has 0 amide bonds. The van der Waals surface area contributed by atoms with Crippen molar-refractivity contribution in [2.45, 2.75) is 141 Å². The second kappa shape index (κ2) is 14.3. The predicted octanol–water partition coefficient (Wildman–Crippen LogP) is 6.88. The Bertz CT molecular complexity index is 858. The molecule has 0 aromatic carbocycles. The first-order valence-electron chi connectivity index (χ1n) is 15.1. The topological polar surface area (TPSA) is 89.9 Å². The van der Waals surface area contributed by atoms with Gasteiger partial charge in [0.2, 0.25) is 11.7 Å². The Morgan fingerprint density at radius 1 is 0.919 bits per heavy atom. The lowest BCUT2D eigenvalue weighted by atomic mass is 9.77. The maximum atomic E-state index is 13.1. The minimum absolute atomic E-state index is 0.0119. The van der Waals surface area contributed by atoms with Gasteiger partial charge in [-0.15, -0.1) is 0 Å². The Morgan fingerprint density at radius 3 is 1.97 bits per heavy atom. The van der Waals surface area contributed by atoms with Crippen molar-refractivity contribution < 1.29 is 31.7 Å². The molecule has 1 aliphatic carbocycles. The first kappa shape index (κ1) is 30.4. The minimum atomic E-state index is -3.48. The summed E-state index contributed by atoms with van der Waals surface area (Å²) < 4.78 is 37.5. The number of aliphatic hydroxyl groups excluding tert-OH is 1. The largest absolute Gasteiger partial charge is 0.512 e. The zero-order valence-corrected chi connectivity index (χ0v) is 24.2. The lowest BCUT2D eigenvalue weighted by molar-refractivity contribution is -0.866. The van der Waals surface area contributed by atoms with Crippen LogP contribution in [0.25, 0.3) is 0 Å². The van der Waals surface area contributed by atoms with E-state index in [2.05, 4.69) is 6.92 Å². The summed E-state index contributed by atoms with van der Waals surface area (Å²) in [6.45, 7) is 2.78. The van der Waals surface area contributed by atoms with Crippen molar-refractivity contribution in [1.29, 1.82) is 0 Å². The highest BCUT2D eigenvalue weighted by atomic mass is 32.2. The number of carbonyl (C=O) groups is 1. The fraction of sp³-hybridized carbons (Fsp3) is 0.897. The Kier molecular flexibility index (Phi) is 11.8. The van der Waals surface area contributed by atoms with Crippen LogP contribution in [-0.4, -0.2) is 54.7 Å². The standard InChI is InChI=1S/C29H51NO6S/c1-3-4-5-6-7-8-9-10-11-12-13-14-15-16-17-18-21-30(2)29(35-24-37(30,33)34)20-19-27-25(23-29)26(31)22-28(32)36-27/h22,25,27H,3-21,23-24H2,1-2H3/p+1. The average Bonchev–Trinajstić information content (AvgIpc) is 3.05. The summed E-state index contributed by atoms with van der Waals surface area (Å²) in [5.41, 5.74) is -0.888. The number of hydrogen-bond donors (Lipinski definition) is 1. The number of nitrogens with zero attached hydrogens (tertiary/aromatic N) is 1. The molecular formula is C29H52NO6S+. The average molecular weight is 543 g/mol.